The van der Waals surface area contributed by atoms with E-state index >= 15 is 0 Å². The highest BCUT2D eigenvalue weighted by Crippen LogP contribution is 2.26. The molecular weight excluding hydrogens is 186 g/mol. The van der Waals surface area contributed by atoms with Crippen molar-refractivity contribution in [2.45, 2.75) is 40.2 Å². The Labute approximate surface area is 91.7 Å². The zero-order valence-corrected chi connectivity index (χ0v) is 10.1. The fraction of sp³-hybridized carbons (Fsp3) is 0.462. The van der Waals surface area contributed by atoms with Crippen molar-refractivity contribution in [3.63, 3.8) is 0 Å². The zero-order valence-electron chi connectivity index (χ0n) is 10.1. The summed E-state index contributed by atoms with van der Waals surface area (Å²) in [4.78, 5) is 4.42. The van der Waals surface area contributed by atoms with E-state index in [9.17, 15) is 5.11 Å². The van der Waals surface area contributed by atoms with Gasteiger partial charge in [-0.3, -0.25) is 4.99 Å². The molecule has 1 aromatic carbocycles. The predicted octanol–water partition coefficient (Wildman–Crippen LogP) is 3.33. The number of hydrogen-bond acceptors (Lipinski definition) is 2. The quantitative estimate of drug-likeness (QED) is 0.738. The van der Waals surface area contributed by atoms with Gasteiger partial charge in [0.15, 0.2) is 0 Å². The van der Waals surface area contributed by atoms with Crippen LogP contribution in [-0.2, 0) is 5.60 Å². The minimum atomic E-state index is -0.783. The van der Waals surface area contributed by atoms with Gasteiger partial charge in [0.25, 0.3) is 0 Å². The van der Waals surface area contributed by atoms with Crippen molar-refractivity contribution in [2.75, 3.05) is 0 Å². The Kier molecular flexibility index (Phi) is 3.30. The Morgan fingerprint density at radius 3 is 2.27 bits per heavy atom. The molecule has 0 unspecified atom stereocenters. The monoisotopic (exact) mass is 205 g/mol. The molecule has 1 N–H and O–H groups in total. The lowest BCUT2D eigenvalue weighted by Crippen LogP contribution is -2.15. The zero-order chi connectivity index (χ0) is 11.6. The minimum absolute atomic E-state index is 0.783. The number of rotatable bonds is 2. The number of hydrogen-bond donors (Lipinski definition) is 1. The summed E-state index contributed by atoms with van der Waals surface area (Å²) >= 11 is 0. The maximum atomic E-state index is 9.85. The van der Waals surface area contributed by atoms with Crippen LogP contribution < -0.4 is 0 Å². The first kappa shape index (κ1) is 11.9. The van der Waals surface area contributed by atoms with E-state index in [2.05, 4.69) is 4.99 Å². The average Bonchev–Trinajstić information content (AvgIpc) is 2.05. The molecule has 0 saturated heterocycles. The van der Waals surface area contributed by atoms with Gasteiger partial charge in [-0.15, -0.1) is 0 Å². The van der Waals surface area contributed by atoms with Gasteiger partial charge in [-0.1, -0.05) is 12.1 Å². The van der Waals surface area contributed by atoms with Gasteiger partial charge in [-0.2, -0.15) is 0 Å². The second kappa shape index (κ2) is 4.15. The SMILES string of the molecule is CC(C)=Nc1ccc(C(C)(C)O)cc1C. The lowest BCUT2D eigenvalue weighted by Gasteiger charge is -2.18. The van der Waals surface area contributed by atoms with Gasteiger partial charge >= 0.3 is 0 Å². The topological polar surface area (TPSA) is 32.6 Å². The van der Waals surface area contributed by atoms with Crippen LogP contribution in [0.4, 0.5) is 5.69 Å². The highest BCUT2D eigenvalue weighted by atomic mass is 16.3. The van der Waals surface area contributed by atoms with Crippen LogP contribution in [0.25, 0.3) is 0 Å². The number of benzene rings is 1. The van der Waals surface area contributed by atoms with Crippen molar-refractivity contribution >= 4 is 11.4 Å². The van der Waals surface area contributed by atoms with Gasteiger partial charge in [0.2, 0.25) is 0 Å². The van der Waals surface area contributed by atoms with Crippen molar-refractivity contribution in [1.82, 2.24) is 0 Å². The highest BCUT2D eigenvalue weighted by molar-refractivity contribution is 5.82. The fourth-order valence-corrected chi connectivity index (χ4v) is 1.40. The molecule has 1 aromatic rings. The third-order valence-corrected chi connectivity index (χ3v) is 2.25. The smallest absolute Gasteiger partial charge is 0.0840 e. The Morgan fingerprint density at radius 2 is 1.87 bits per heavy atom. The summed E-state index contributed by atoms with van der Waals surface area (Å²) in [5, 5.41) is 9.85. The highest BCUT2D eigenvalue weighted by Gasteiger charge is 2.16. The summed E-state index contributed by atoms with van der Waals surface area (Å²) in [5.74, 6) is 0. The van der Waals surface area contributed by atoms with Crippen LogP contribution in [-0.4, -0.2) is 10.8 Å². The van der Waals surface area contributed by atoms with Crippen LogP contribution in [0.15, 0.2) is 23.2 Å². The molecule has 0 aliphatic carbocycles. The van der Waals surface area contributed by atoms with Crippen molar-refractivity contribution in [3.8, 4) is 0 Å². The molecular formula is C13H19NO. The minimum Gasteiger partial charge on any atom is -0.386 e. The van der Waals surface area contributed by atoms with Gasteiger partial charge in [0, 0.05) is 5.71 Å². The van der Waals surface area contributed by atoms with E-state index in [-0.39, 0.29) is 0 Å². The van der Waals surface area contributed by atoms with Crippen molar-refractivity contribution in [1.29, 1.82) is 0 Å². The summed E-state index contributed by atoms with van der Waals surface area (Å²) < 4.78 is 0. The van der Waals surface area contributed by atoms with E-state index in [4.69, 9.17) is 0 Å². The lowest BCUT2D eigenvalue weighted by molar-refractivity contribution is 0.0785. The first-order valence-electron chi connectivity index (χ1n) is 5.16. The first-order valence-corrected chi connectivity index (χ1v) is 5.16. The molecule has 0 spiro atoms. The predicted molar refractivity (Wildman–Crippen MR) is 64.9 cm³/mol. The van der Waals surface area contributed by atoms with Crippen molar-refractivity contribution < 1.29 is 5.11 Å². The maximum Gasteiger partial charge on any atom is 0.0840 e. The first-order chi connectivity index (χ1) is 6.80. The molecule has 0 radical (unpaired) electrons. The molecule has 1 rings (SSSR count). The van der Waals surface area contributed by atoms with E-state index in [1.54, 1.807) is 13.8 Å². The van der Waals surface area contributed by atoms with E-state index < -0.39 is 5.60 Å². The number of nitrogens with zero attached hydrogens (tertiary/aromatic N) is 1. The largest absolute Gasteiger partial charge is 0.386 e. The number of aliphatic imine (C=N–C) groups is 1. The maximum absolute atomic E-state index is 9.85. The molecule has 15 heavy (non-hydrogen) atoms. The molecule has 2 heteroatoms. The van der Waals surface area contributed by atoms with Crippen molar-refractivity contribution in [2.24, 2.45) is 4.99 Å². The second-order valence-electron chi connectivity index (χ2n) is 4.62. The van der Waals surface area contributed by atoms with Gasteiger partial charge in [-0.25, -0.2) is 0 Å². The van der Waals surface area contributed by atoms with Crippen LogP contribution in [0.2, 0.25) is 0 Å². The molecule has 0 aliphatic heterocycles. The van der Waals surface area contributed by atoms with E-state index in [1.165, 1.54) is 0 Å². The molecule has 0 saturated carbocycles. The molecule has 0 atom stereocenters. The molecule has 0 amide bonds. The van der Waals surface area contributed by atoms with E-state index in [0.717, 1.165) is 22.5 Å². The molecule has 0 aromatic heterocycles. The summed E-state index contributed by atoms with van der Waals surface area (Å²) in [6, 6.07) is 5.87. The normalized spacial score (nSPS) is 11.3. The van der Waals surface area contributed by atoms with Gasteiger partial charge in [0.1, 0.15) is 0 Å². The Balaban J connectivity index is 3.15. The molecule has 0 fully saturated rings. The molecule has 82 valence electrons. The van der Waals surface area contributed by atoms with Gasteiger partial charge in [0.05, 0.1) is 11.3 Å². The standard InChI is InChI=1S/C13H19NO/c1-9(2)14-12-7-6-11(8-10(12)3)13(4,5)15/h6-8,15H,1-5H3. The van der Waals surface area contributed by atoms with E-state index in [1.807, 2.05) is 39.0 Å². The van der Waals surface area contributed by atoms with Gasteiger partial charge < -0.3 is 5.11 Å². The Morgan fingerprint density at radius 1 is 1.27 bits per heavy atom. The second-order valence-corrected chi connectivity index (χ2v) is 4.62. The van der Waals surface area contributed by atoms with Crippen molar-refractivity contribution in [3.05, 3.63) is 29.3 Å². The summed E-state index contributed by atoms with van der Waals surface area (Å²) in [6.07, 6.45) is 0. The van der Waals surface area contributed by atoms with E-state index in [0.29, 0.717) is 0 Å². The number of aryl methyl sites for hydroxylation is 1. The fourth-order valence-electron chi connectivity index (χ4n) is 1.40. The molecule has 0 bridgehead atoms. The Hall–Kier alpha value is -1.15. The third kappa shape index (κ3) is 3.17. The van der Waals surface area contributed by atoms with Crippen LogP contribution in [0.5, 0.6) is 0 Å². The van der Waals surface area contributed by atoms with Gasteiger partial charge in [-0.05, 0) is 51.8 Å². The van der Waals surface area contributed by atoms with Crippen LogP contribution in [0.3, 0.4) is 0 Å². The van der Waals surface area contributed by atoms with Crippen LogP contribution in [0.1, 0.15) is 38.8 Å². The molecule has 0 heterocycles. The molecule has 2 nitrogen and oxygen atoms in total. The summed E-state index contributed by atoms with van der Waals surface area (Å²) in [7, 11) is 0. The summed E-state index contributed by atoms with van der Waals surface area (Å²) in [5.41, 5.74) is 3.24. The number of aliphatic hydroxyl groups is 1. The third-order valence-electron chi connectivity index (χ3n) is 2.25. The van der Waals surface area contributed by atoms with Crippen LogP contribution >= 0.6 is 0 Å². The average molecular weight is 205 g/mol. The molecule has 0 aliphatic rings. The van der Waals surface area contributed by atoms with Crippen LogP contribution in [0, 0.1) is 6.92 Å². The summed E-state index contributed by atoms with van der Waals surface area (Å²) in [6.45, 7) is 9.54. The lowest BCUT2D eigenvalue weighted by atomic mass is 9.96. The Bertz CT molecular complexity index is 382.